The van der Waals surface area contributed by atoms with Gasteiger partial charge in [-0.15, -0.1) is 10.2 Å². The first-order valence-corrected chi connectivity index (χ1v) is 9.27. The first-order valence-electron chi connectivity index (χ1n) is 9.27. The van der Waals surface area contributed by atoms with E-state index in [1.54, 1.807) is 0 Å². The third kappa shape index (κ3) is 2.59. The van der Waals surface area contributed by atoms with E-state index in [-0.39, 0.29) is 0 Å². The van der Waals surface area contributed by atoms with Crippen molar-refractivity contribution in [1.29, 1.82) is 0 Å². The molecule has 0 fully saturated rings. The SMILES string of the molecule is CC(c1ccc2c(c1)OCC2)N1CCn2c(nnc2-c2ccccc2)C1. The summed E-state index contributed by atoms with van der Waals surface area (Å²) in [7, 11) is 0. The minimum absolute atomic E-state index is 0.329. The Balaban J connectivity index is 1.38. The molecule has 0 amide bonds. The van der Waals surface area contributed by atoms with Gasteiger partial charge in [0, 0.05) is 31.1 Å². The van der Waals surface area contributed by atoms with Crippen LogP contribution in [-0.4, -0.2) is 32.8 Å². The average molecular weight is 346 g/mol. The maximum Gasteiger partial charge on any atom is 0.164 e. The van der Waals surface area contributed by atoms with E-state index in [0.29, 0.717) is 6.04 Å². The molecule has 3 heterocycles. The summed E-state index contributed by atoms with van der Waals surface area (Å²) in [5, 5.41) is 8.91. The van der Waals surface area contributed by atoms with Gasteiger partial charge in [-0.25, -0.2) is 0 Å². The van der Waals surface area contributed by atoms with Crippen LogP contribution in [0.1, 0.15) is 29.9 Å². The van der Waals surface area contributed by atoms with Crippen molar-refractivity contribution in [3.63, 3.8) is 0 Å². The molecule has 1 aromatic heterocycles. The normalized spacial score (nSPS) is 17.4. The Hall–Kier alpha value is -2.66. The average Bonchev–Trinajstić information content (AvgIpc) is 3.33. The maximum atomic E-state index is 5.74. The third-order valence-electron chi connectivity index (χ3n) is 5.57. The molecule has 0 radical (unpaired) electrons. The summed E-state index contributed by atoms with van der Waals surface area (Å²) in [6.07, 6.45) is 1.03. The van der Waals surface area contributed by atoms with E-state index in [1.165, 1.54) is 11.1 Å². The number of rotatable bonds is 3. The predicted octanol–water partition coefficient (Wildman–Crippen LogP) is 3.46. The minimum atomic E-state index is 0.329. The summed E-state index contributed by atoms with van der Waals surface area (Å²) in [5.41, 5.74) is 3.76. The highest BCUT2D eigenvalue weighted by molar-refractivity contribution is 5.55. The zero-order valence-electron chi connectivity index (χ0n) is 14.9. The van der Waals surface area contributed by atoms with Crippen LogP contribution in [0.5, 0.6) is 5.75 Å². The van der Waals surface area contributed by atoms with Gasteiger partial charge in [0.2, 0.25) is 0 Å². The molecule has 5 heteroatoms. The molecule has 132 valence electrons. The fourth-order valence-corrected chi connectivity index (χ4v) is 3.96. The van der Waals surface area contributed by atoms with Crippen molar-refractivity contribution in [1.82, 2.24) is 19.7 Å². The lowest BCUT2D eigenvalue weighted by molar-refractivity contribution is 0.163. The van der Waals surface area contributed by atoms with E-state index >= 15 is 0 Å². The highest BCUT2D eigenvalue weighted by Crippen LogP contribution is 2.32. The Morgan fingerprint density at radius 3 is 2.81 bits per heavy atom. The molecule has 3 aromatic rings. The Kier molecular flexibility index (Phi) is 3.75. The van der Waals surface area contributed by atoms with Gasteiger partial charge in [0.05, 0.1) is 13.2 Å². The van der Waals surface area contributed by atoms with Gasteiger partial charge in [0.1, 0.15) is 11.6 Å². The first-order chi connectivity index (χ1) is 12.8. The van der Waals surface area contributed by atoms with Crippen molar-refractivity contribution in [3.05, 3.63) is 65.5 Å². The van der Waals surface area contributed by atoms with Gasteiger partial charge in [-0.3, -0.25) is 4.90 Å². The smallest absolute Gasteiger partial charge is 0.164 e. The van der Waals surface area contributed by atoms with Crippen LogP contribution in [0.15, 0.2) is 48.5 Å². The van der Waals surface area contributed by atoms with E-state index in [2.05, 4.69) is 56.9 Å². The lowest BCUT2D eigenvalue weighted by Gasteiger charge is -2.33. The fourth-order valence-electron chi connectivity index (χ4n) is 3.96. The van der Waals surface area contributed by atoms with E-state index in [0.717, 1.165) is 55.6 Å². The molecule has 2 aliphatic rings. The maximum absolute atomic E-state index is 5.74. The molecular formula is C21H22N4O. The highest BCUT2D eigenvalue weighted by Gasteiger charge is 2.26. The van der Waals surface area contributed by atoms with Gasteiger partial charge in [0.15, 0.2) is 5.82 Å². The van der Waals surface area contributed by atoms with E-state index in [1.807, 2.05) is 18.2 Å². The van der Waals surface area contributed by atoms with Crippen molar-refractivity contribution in [2.45, 2.75) is 32.5 Å². The molecule has 0 saturated heterocycles. The molecule has 2 aliphatic heterocycles. The second-order valence-electron chi connectivity index (χ2n) is 7.07. The van der Waals surface area contributed by atoms with Crippen LogP contribution in [0.2, 0.25) is 0 Å². The summed E-state index contributed by atoms with van der Waals surface area (Å²) in [6.45, 7) is 5.80. The summed E-state index contributed by atoms with van der Waals surface area (Å²) in [6, 6.07) is 17.3. The molecule has 0 bridgehead atoms. The Morgan fingerprint density at radius 1 is 1.04 bits per heavy atom. The Morgan fingerprint density at radius 2 is 1.92 bits per heavy atom. The molecule has 1 atom stereocenters. The quantitative estimate of drug-likeness (QED) is 0.728. The molecule has 26 heavy (non-hydrogen) atoms. The Labute approximate surface area is 153 Å². The van der Waals surface area contributed by atoms with Crippen molar-refractivity contribution < 1.29 is 4.74 Å². The van der Waals surface area contributed by atoms with E-state index in [9.17, 15) is 0 Å². The highest BCUT2D eigenvalue weighted by atomic mass is 16.5. The Bertz CT molecular complexity index is 934. The lowest BCUT2D eigenvalue weighted by Crippen LogP contribution is -2.36. The van der Waals surface area contributed by atoms with Crippen LogP contribution >= 0.6 is 0 Å². The summed E-state index contributed by atoms with van der Waals surface area (Å²) >= 11 is 0. The molecular weight excluding hydrogens is 324 g/mol. The lowest BCUT2D eigenvalue weighted by atomic mass is 10.0. The zero-order chi connectivity index (χ0) is 17.5. The van der Waals surface area contributed by atoms with Crippen molar-refractivity contribution in [2.24, 2.45) is 0 Å². The number of fused-ring (bicyclic) bond motifs is 2. The van der Waals surface area contributed by atoms with Crippen molar-refractivity contribution >= 4 is 0 Å². The van der Waals surface area contributed by atoms with Crippen LogP contribution in [-0.2, 0) is 19.5 Å². The van der Waals surface area contributed by atoms with Crippen LogP contribution in [0, 0.1) is 0 Å². The van der Waals surface area contributed by atoms with Crippen LogP contribution in [0.25, 0.3) is 11.4 Å². The number of nitrogens with zero attached hydrogens (tertiary/aromatic N) is 4. The standard InChI is InChI=1S/C21H22N4O/c1-15(18-8-7-16-9-12-26-19(16)13-18)24-10-11-25-20(14-24)22-23-21(25)17-5-3-2-4-6-17/h2-8,13,15H,9-12,14H2,1H3. The van der Waals surface area contributed by atoms with Gasteiger partial charge < -0.3 is 9.30 Å². The molecule has 0 saturated carbocycles. The summed E-state index contributed by atoms with van der Waals surface area (Å²) in [4.78, 5) is 2.47. The van der Waals surface area contributed by atoms with Gasteiger partial charge in [0.25, 0.3) is 0 Å². The van der Waals surface area contributed by atoms with Gasteiger partial charge in [-0.1, -0.05) is 42.5 Å². The van der Waals surface area contributed by atoms with Crippen LogP contribution < -0.4 is 4.74 Å². The molecule has 0 spiro atoms. The van der Waals surface area contributed by atoms with Crippen molar-refractivity contribution in [2.75, 3.05) is 13.2 Å². The molecule has 5 nitrogen and oxygen atoms in total. The summed E-state index contributed by atoms with van der Waals surface area (Å²) in [5.74, 6) is 3.07. The largest absolute Gasteiger partial charge is 0.493 e. The molecule has 0 N–H and O–H groups in total. The van der Waals surface area contributed by atoms with Gasteiger partial charge in [-0.05, 0) is 24.1 Å². The number of hydrogen-bond acceptors (Lipinski definition) is 4. The predicted molar refractivity (Wildman–Crippen MR) is 99.9 cm³/mol. The van der Waals surface area contributed by atoms with E-state index in [4.69, 9.17) is 4.74 Å². The number of aromatic nitrogens is 3. The van der Waals surface area contributed by atoms with Crippen LogP contribution in [0.4, 0.5) is 0 Å². The van der Waals surface area contributed by atoms with Gasteiger partial charge >= 0.3 is 0 Å². The van der Waals surface area contributed by atoms with Gasteiger partial charge in [-0.2, -0.15) is 0 Å². The molecule has 2 aromatic carbocycles. The summed E-state index contributed by atoms with van der Waals surface area (Å²) < 4.78 is 7.99. The number of benzene rings is 2. The second kappa shape index (κ2) is 6.25. The van der Waals surface area contributed by atoms with Crippen LogP contribution in [0.3, 0.4) is 0 Å². The fraction of sp³-hybridized carbons (Fsp3) is 0.333. The monoisotopic (exact) mass is 346 g/mol. The number of ether oxygens (including phenoxy) is 1. The second-order valence-corrected chi connectivity index (χ2v) is 7.07. The first kappa shape index (κ1) is 15.6. The minimum Gasteiger partial charge on any atom is -0.493 e. The van der Waals surface area contributed by atoms with E-state index < -0.39 is 0 Å². The third-order valence-corrected chi connectivity index (χ3v) is 5.57. The molecule has 5 rings (SSSR count). The topological polar surface area (TPSA) is 43.2 Å². The van der Waals surface area contributed by atoms with Crippen molar-refractivity contribution in [3.8, 4) is 17.1 Å². The zero-order valence-corrected chi connectivity index (χ0v) is 14.9. The number of hydrogen-bond donors (Lipinski definition) is 0. The molecule has 0 aliphatic carbocycles. The molecule has 1 unspecified atom stereocenters.